The molecule has 0 unspecified atom stereocenters. The van der Waals surface area contributed by atoms with Gasteiger partial charge in [0.15, 0.2) is 0 Å². The van der Waals surface area contributed by atoms with Crippen molar-refractivity contribution in [1.29, 1.82) is 0 Å². The van der Waals surface area contributed by atoms with Crippen LogP contribution in [0.25, 0.3) is 0 Å². The maximum atomic E-state index is 10.4. The summed E-state index contributed by atoms with van der Waals surface area (Å²) in [5.74, 6) is 0.771. The van der Waals surface area contributed by atoms with Crippen molar-refractivity contribution in [3.8, 4) is 5.75 Å². The highest BCUT2D eigenvalue weighted by Gasteiger charge is 2.45. The van der Waals surface area contributed by atoms with Gasteiger partial charge in [-0.05, 0) is 59.0 Å². The molecule has 0 atom stereocenters. The second-order valence-electron chi connectivity index (χ2n) is 4.63. The summed E-state index contributed by atoms with van der Waals surface area (Å²) in [5, 5.41) is 0. The van der Waals surface area contributed by atoms with Crippen LogP contribution in [0.1, 0.15) is 25.3 Å². The Bertz CT molecular complexity index is 529. The average molecular weight is 308 g/mol. The normalized spacial score (nSPS) is 15.7. The number of nitrogens with zero attached hydrogens (tertiary/aromatic N) is 1. The first-order chi connectivity index (χ1) is 8.57. The smallest absolute Gasteiger partial charge is 0.235 e. The van der Waals surface area contributed by atoms with Crippen LogP contribution in [0, 0.1) is 0 Å². The van der Waals surface area contributed by atoms with Gasteiger partial charge >= 0.3 is 0 Å². The van der Waals surface area contributed by atoms with Gasteiger partial charge in [-0.25, -0.2) is 4.79 Å². The molecule has 2 rings (SSSR count). The predicted octanol–water partition coefficient (Wildman–Crippen LogP) is 3.73. The molecule has 94 valence electrons. The van der Waals surface area contributed by atoms with Gasteiger partial charge in [0.2, 0.25) is 6.08 Å². The molecule has 1 aliphatic rings. The second kappa shape index (κ2) is 5.09. The molecule has 0 aromatic heterocycles. The van der Waals surface area contributed by atoms with Crippen molar-refractivity contribution >= 4 is 22.0 Å². The Labute approximate surface area is 115 Å². The number of rotatable bonds is 5. The van der Waals surface area contributed by atoms with Gasteiger partial charge in [-0.15, -0.1) is 0 Å². The van der Waals surface area contributed by atoms with Gasteiger partial charge < -0.3 is 4.74 Å². The van der Waals surface area contributed by atoms with Gasteiger partial charge in [0.1, 0.15) is 12.4 Å². The highest BCUT2D eigenvalue weighted by atomic mass is 79.9. The van der Waals surface area contributed by atoms with E-state index in [2.05, 4.69) is 27.5 Å². The first kappa shape index (κ1) is 13.1. The Morgan fingerprint density at radius 1 is 1.61 bits per heavy atom. The van der Waals surface area contributed by atoms with E-state index >= 15 is 0 Å². The zero-order valence-corrected chi connectivity index (χ0v) is 11.8. The third kappa shape index (κ3) is 2.71. The fraction of sp³-hybridized carbons (Fsp3) is 0.357. The van der Waals surface area contributed by atoms with Crippen LogP contribution in [-0.4, -0.2) is 12.7 Å². The Balaban J connectivity index is 2.20. The van der Waals surface area contributed by atoms with Gasteiger partial charge in [0.05, 0.1) is 10.0 Å². The molecule has 0 radical (unpaired) electrons. The predicted molar refractivity (Wildman–Crippen MR) is 73.5 cm³/mol. The van der Waals surface area contributed by atoms with Crippen LogP contribution in [-0.2, 0) is 10.3 Å². The van der Waals surface area contributed by atoms with Gasteiger partial charge in [0, 0.05) is 0 Å². The van der Waals surface area contributed by atoms with Gasteiger partial charge in [-0.1, -0.05) is 12.6 Å². The van der Waals surface area contributed by atoms with Crippen LogP contribution in [0.5, 0.6) is 5.75 Å². The number of aliphatic imine (C=N–C) groups is 1. The molecular formula is C14H14BrNO2. The van der Waals surface area contributed by atoms with E-state index in [-0.39, 0.29) is 5.54 Å². The van der Waals surface area contributed by atoms with Crippen molar-refractivity contribution in [1.82, 2.24) is 0 Å². The maximum absolute atomic E-state index is 10.4. The Kier molecular flexibility index (Phi) is 3.69. The van der Waals surface area contributed by atoms with Gasteiger partial charge in [-0.2, -0.15) is 4.99 Å². The van der Waals surface area contributed by atoms with Crippen LogP contribution < -0.4 is 4.74 Å². The number of isocyanates is 1. The summed E-state index contributed by atoms with van der Waals surface area (Å²) in [7, 11) is 0. The van der Waals surface area contributed by atoms with Crippen molar-refractivity contribution in [3.63, 3.8) is 0 Å². The number of hydrogen-bond acceptors (Lipinski definition) is 3. The Morgan fingerprint density at radius 2 is 2.33 bits per heavy atom. The van der Waals surface area contributed by atoms with E-state index in [4.69, 9.17) is 4.74 Å². The first-order valence-corrected chi connectivity index (χ1v) is 6.53. The molecule has 1 aliphatic carbocycles. The van der Waals surface area contributed by atoms with Crippen LogP contribution in [0.15, 0.2) is 39.8 Å². The number of carbonyl (C=O) groups excluding carboxylic acids is 1. The molecule has 0 N–H and O–H groups in total. The summed E-state index contributed by atoms with van der Waals surface area (Å²) in [4.78, 5) is 14.3. The topological polar surface area (TPSA) is 38.7 Å². The number of halogens is 1. The van der Waals surface area contributed by atoms with E-state index in [0.717, 1.165) is 34.2 Å². The van der Waals surface area contributed by atoms with E-state index in [9.17, 15) is 4.79 Å². The third-order valence-corrected chi connectivity index (χ3v) is 3.55. The van der Waals surface area contributed by atoms with Crippen molar-refractivity contribution < 1.29 is 9.53 Å². The average Bonchev–Trinajstić information content (AvgIpc) is 3.09. The zero-order valence-electron chi connectivity index (χ0n) is 10.2. The van der Waals surface area contributed by atoms with E-state index in [1.807, 2.05) is 25.1 Å². The highest BCUT2D eigenvalue weighted by molar-refractivity contribution is 9.10. The molecule has 1 aromatic rings. The second-order valence-corrected chi connectivity index (χ2v) is 5.48. The molecule has 1 aromatic carbocycles. The minimum Gasteiger partial charge on any atom is -0.488 e. The lowest BCUT2D eigenvalue weighted by Gasteiger charge is -2.12. The molecule has 0 heterocycles. The van der Waals surface area contributed by atoms with E-state index < -0.39 is 0 Å². The van der Waals surface area contributed by atoms with Crippen molar-refractivity contribution in [2.24, 2.45) is 4.99 Å². The molecule has 0 spiro atoms. The molecule has 4 heteroatoms. The lowest BCUT2D eigenvalue weighted by molar-refractivity contribution is 0.350. The van der Waals surface area contributed by atoms with E-state index in [1.54, 1.807) is 6.08 Å². The SMILES string of the molecule is C=C(C)COc1ccc(C2(N=C=O)CC2)cc1Br. The van der Waals surface area contributed by atoms with Gasteiger partial charge in [0.25, 0.3) is 0 Å². The summed E-state index contributed by atoms with van der Waals surface area (Å²) in [6, 6.07) is 5.80. The molecule has 1 fully saturated rings. The maximum Gasteiger partial charge on any atom is 0.235 e. The molecule has 0 amide bonds. The first-order valence-electron chi connectivity index (χ1n) is 5.74. The molecule has 1 saturated carbocycles. The van der Waals surface area contributed by atoms with Crippen molar-refractivity contribution in [3.05, 3.63) is 40.4 Å². The number of ether oxygens (including phenoxy) is 1. The fourth-order valence-electron chi connectivity index (χ4n) is 1.78. The van der Waals surface area contributed by atoms with Crippen LogP contribution in [0.2, 0.25) is 0 Å². The highest BCUT2D eigenvalue weighted by Crippen LogP contribution is 2.50. The van der Waals surface area contributed by atoms with Crippen molar-refractivity contribution in [2.45, 2.75) is 25.3 Å². The molecule has 0 saturated heterocycles. The van der Waals surface area contributed by atoms with Crippen LogP contribution in [0.3, 0.4) is 0 Å². The lowest BCUT2D eigenvalue weighted by atomic mass is 10.1. The van der Waals surface area contributed by atoms with E-state index in [0.29, 0.717) is 6.61 Å². The Morgan fingerprint density at radius 3 is 2.83 bits per heavy atom. The zero-order chi connectivity index (χ0) is 13.2. The van der Waals surface area contributed by atoms with E-state index in [1.165, 1.54) is 0 Å². The minimum absolute atomic E-state index is 0.336. The minimum atomic E-state index is -0.336. The third-order valence-electron chi connectivity index (χ3n) is 2.93. The summed E-state index contributed by atoms with van der Waals surface area (Å²) in [6.45, 7) is 6.21. The molecular weight excluding hydrogens is 294 g/mol. The molecule has 18 heavy (non-hydrogen) atoms. The van der Waals surface area contributed by atoms with Crippen LogP contribution in [0.4, 0.5) is 0 Å². The summed E-state index contributed by atoms with van der Waals surface area (Å²) in [6.07, 6.45) is 3.47. The lowest BCUT2D eigenvalue weighted by Crippen LogP contribution is -2.03. The summed E-state index contributed by atoms with van der Waals surface area (Å²) in [5.41, 5.74) is 1.66. The summed E-state index contributed by atoms with van der Waals surface area (Å²) >= 11 is 3.47. The van der Waals surface area contributed by atoms with Crippen molar-refractivity contribution in [2.75, 3.05) is 6.61 Å². The monoisotopic (exact) mass is 307 g/mol. The molecule has 0 bridgehead atoms. The standard InChI is InChI=1S/C14H14BrNO2/c1-10(2)8-18-13-4-3-11(7-12(13)15)14(5-6-14)16-9-17/h3-4,7H,1,5-6,8H2,2H3. The largest absolute Gasteiger partial charge is 0.488 e. The number of hydrogen-bond donors (Lipinski definition) is 0. The number of benzene rings is 1. The summed E-state index contributed by atoms with van der Waals surface area (Å²) < 4.78 is 6.46. The molecule has 3 nitrogen and oxygen atoms in total. The fourth-order valence-corrected chi connectivity index (χ4v) is 2.27. The molecule has 0 aliphatic heterocycles. The van der Waals surface area contributed by atoms with Crippen LogP contribution >= 0.6 is 15.9 Å². The quantitative estimate of drug-likeness (QED) is 0.472. The van der Waals surface area contributed by atoms with Gasteiger partial charge in [-0.3, -0.25) is 0 Å². The Hall–Kier alpha value is -1.38.